The molecule has 138 valence electrons. The van der Waals surface area contributed by atoms with Crippen LogP contribution in [0.4, 0.5) is 10.1 Å². The van der Waals surface area contributed by atoms with Gasteiger partial charge in [0.25, 0.3) is 11.8 Å². The summed E-state index contributed by atoms with van der Waals surface area (Å²) in [4.78, 5) is 26.3. The number of benzene rings is 2. The molecule has 0 radical (unpaired) electrons. The second-order valence-corrected chi connectivity index (χ2v) is 6.21. The van der Waals surface area contributed by atoms with Gasteiger partial charge in [0.15, 0.2) is 5.76 Å². The van der Waals surface area contributed by atoms with Crippen molar-refractivity contribution in [2.75, 3.05) is 12.4 Å². The van der Waals surface area contributed by atoms with Crippen LogP contribution < -0.4 is 5.32 Å². The molecule has 0 unspecified atom stereocenters. The standard InChI is InChI=1S/C21H19FN2O3/c1-14-9-10-15(12-18(14)23-20(25)19-8-5-11-27-19)21(26)24(2)13-16-6-3-4-7-17(16)22/h3-12H,13H2,1-2H3,(H,23,25). The summed E-state index contributed by atoms with van der Waals surface area (Å²) in [6, 6.07) is 14.6. The Morgan fingerprint density at radius 3 is 2.59 bits per heavy atom. The van der Waals surface area contributed by atoms with Crippen LogP contribution in [-0.4, -0.2) is 23.8 Å². The lowest BCUT2D eigenvalue weighted by atomic mass is 10.1. The number of nitrogens with one attached hydrogen (secondary N) is 1. The smallest absolute Gasteiger partial charge is 0.291 e. The number of halogens is 1. The van der Waals surface area contributed by atoms with Crippen LogP contribution in [0, 0.1) is 12.7 Å². The third-order valence-electron chi connectivity index (χ3n) is 4.19. The van der Waals surface area contributed by atoms with Crippen molar-refractivity contribution in [3.63, 3.8) is 0 Å². The Kier molecular flexibility index (Phi) is 5.35. The van der Waals surface area contributed by atoms with E-state index in [4.69, 9.17) is 4.42 Å². The summed E-state index contributed by atoms with van der Waals surface area (Å²) < 4.78 is 18.9. The molecule has 0 fully saturated rings. The molecule has 6 heteroatoms. The molecule has 3 aromatic rings. The number of amides is 2. The number of hydrogen-bond acceptors (Lipinski definition) is 3. The Morgan fingerprint density at radius 2 is 1.89 bits per heavy atom. The highest BCUT2D eigenvalue weighted by atomic mass is 19.1. The van der Waals surface area contributed by atoms with Crippen LogP contribution in [0.5, 0.6) is 0 Å². The molecule has 0 saturated heterocycles. The summed E-state index contributed by atoms with van der Waals surface area (Å²) in [6.07, 6.45) is 1.42. The lowest BCUT2D eigenvalue weighted by molar-refractivity contribution is 0.0783. The molecule has 1 aromatic heterocycles. The number of hydrogen-bond donors (Lipinski definition) is 1. The number of aryl methyl sites for hydroxylation is 1. The highest BCUT2D eigenvalue weighted by Gasteiger charge is 2.16. The minimum absolute atomic E-state index is 0.146. The Bertz CT molecular complexity index is 967. The molecule has 0 spiro atoms. The molecule has 1 heterocycles. The highest BCUT2D eigenvalue weighted by molar-refractivity contribution is 6.03. The maximum absolute atomic E-state index is 13.8. The quantitative estimate of drug-likeness (QED) is 0.734. The summed E-state index contributed by atoms with van der Waals surface area (Å²) in [5, 5.41) is 2.74. The van der Waals surface area contributed by atoms with E-state index >= 15 is 0 Å². The third-order valence-corrected chi connectivity index (χ3v) is 4.19. The maximum Gasteiger partial charge on any atom is 0.291 e. The fraction of sp³-hybridized carbons (Fsp3) is 0.143. The molecule has 0 bridgehead atoms. The van der Waals surface area contributed by atoms with Gasteiger partial charge in [-0.05, 0) is 42.8 Å². The van der Waals surface area contributed by atoms with E-state index in [0.29, 0.717) is 16.8 Å². The minimum atomic E-state index is -0.396. The van der Waals surface area contributed by atoms with E-state index in [-0.39, 0.29) is 24.0 Å². The van der Waals surface area contributed by atoms with E-state index in [0.717, 1.165) is 5.56 Å². The lowest BCUT2D eigenvalue weighted by Gasteiger charge is -2.18. The van der Waals surface area contributed by atoms with E-state index in [2.05, 4.69) is 5.32 Å². The normalized spacial score (nSPS) is 10.5. The van der Waals surface area contributed by atoms with E-state index in [1.807, 2.05) is 6.92 Å². The van der Waals surface area contributed by atoms with Crippen molar-refractivity contribution in [2.45, 2.75) is 13.5 Å². The van der Waals surface area contributed by atoms with Gasteiger partial charge in [-0.15, -0.1) is 0 Å². The van der Waals surface area contributed by atoms with Crippen LogP contribution in [0.15, 0.2) is 65.3 Å². The molecule has 27 heavy (non-hydrogen) atoms. The van der Waals surface area contributed by atoms with Gasteiger partial charge >= 0.3 is 0 Å². The average molecular weight is 366 g/mol. The highest BCUT2D eigenvalue weighted by Crippen LogP contribution is 2.20. The van der Waals surface area contributed by atoms with Crippen molar-refractivity contribution >= 4 is 17.5 Å². The van der Waals surface area contributed by atoms with Gasteiger partial charge in [-0.2, -0.15) is 0 Å². The first kappa shape index (κ1) is 18.4. The topological polar surface area (TPSA) is 62.6 Å². The molecule has 2 aromatic carbocycles. The van der Waals surface area contributed by atoms with Gasteiger partial charge in [0.2, 0.25) is 0 Å². The van der Waals surface area contributed by atoms with Crippen molar-refractivity contribution in [1.29, 1.82) is 0 Å². The zero-order valence-corrected chi connectivity index (χ0v) is 15.0. The number of anilines is 1. The van der Waals surface area contributed by atoms with Crippen LogP contribution in [0.2, 0.25) is 0 Å². The van der Waals surface area contributed by atoms with Gasteiger partial charge in [0.05, 0.1) is 6.26 Å². The zero-order chi connectivity index (χ0) is 19.4. The Balaban J connectivity index is 1.77. The monoisotopic (exact) mass is 366 g/mol. The van der Waals surface area contributed by atoms with Crippen molar-refractivity contribution in [3.8, 4) is 0 Å². The third kappa shape index (κ3) is 4.23. The van der Waals surface area contributed by atoms with Gasteiger partial charge in [-0.25, -0.2) is 4.39 Å². The summed E-state index contributed by atoms with van der Waals surface area (Å²) in [5.74, 6) is -0.839. The summed E-state index contributed by atoms with van der Waals surface area (Å²) >= 11 is 0. The van der Waals surface area contributed by atoms with E-state index in [1.165, 1.54) is 17.2 Å². The second kappa shape index (κ2) is 7.86. The number of rotatable bonds is 5. The van der Waals surface area contributed by atoms with Gasteiger partial charge < -0.3 is 14.6 Å². The molecule has 0 aliphatic heterocycles. The fourth-order valence-electron chi connectivity index (χ4n) is 2.66. The largest absolute Gasteiger partial charge is 0.459 e. The number of carbonyl (C=O) groups is 2. The molecule has 1 N–H and O–H groups in total. The molecule has 3 rings (SSSR count). The van der Waals surface area contributed by atoms with Crippen LogP contribution in [0.3, 0.4) is 0 Å². The maximum atomic E-state index is 13.8. The molecule has 0 atom stereocenters. The molecule has 0 aliphatic rings. The first-order valence-corrected chi connectivity index (χ1v) is 8.40. The van der Waals surface area contributed by atoms with Crippen molar-refractivity contribution in [1.82, 2.24) is 4.90 Å². The number of nitrogens with zero attached hydrogens (tertiary/aromatic N) is 1. The average Bonchev–Trinajstić information content (AvgIpc) is 3.19. The molecular weight excluding hydrogens is 347 g/mol. The van der Waals surface area contributed by atoms with Crippen LogP contribution in [-0.2, 0) is 6.54 Å². The molecule has 2 amide bonds. The summed E-state index contributed by atoms with van der Waals surface area (Å²) in [6.45, 7) is 1.97. The first-order chi connectivity index (χ1) is 13.0. The Labute approximate surface area is 156 Å². The van der Waals surface area contributed by atoms with E-state index in [1.54, 1.807) is 55.6 Å². The minimum Gasteiger partial charge on any atom is -0.459 e. The zero-order valence-electron chi connectivity index (χ0n) is 15.0. The van der Waals surface area contributed by atoms with Gasteiger partial charge in [-0.3, -0.25) is 9.59 Å². The molecular formula is C21H19FN2O3. The Hall–Kier alpha value is -3.41. The number of carbonyl (C=O) groups excluding carboxylic acids is 2. The molecule has 5 nitrogen and oxygen atoms in total. The predicted octanol–water partition coefficient (Wildman–Crippen LogP) is 4.25. The predicted molar refractivity (Wildman–Crippen MR) is 100 cm³/mol. The second-order valence-electron chi connectivity index (χ2n) is 6.21. The summed E-state index contributed by atoms with van der Waals surface area (Å²) in [5.41, 5.74) is 2.16. The van der Waals surface area contributed by atoms with Crippen LogP contribution in [0.25, 0.3) is 0 Å². The van der Waals surface area contributed by atoms with Crippen molar-refractivity contribution < 1.29 is 18.4 Å². The first-order valence-electron chi connectivity index (χ1n) is 8.40. The molecule has 0 saturated carbocycles. The lowest BCUT2D eigenvalue weighted by Crippen LogP contribution is -2.26. The van der Waals surface area contributed by atoms with Crippen molar-refractivity contribution in [3.05, 3.63) is 89.1 Å². The van der Waals surface area contributed by atoms with Crippen molar-refractivity contribution in [2.24, 2.45) is 0 Å². The fourth-order valence-corrected chi connectivity index (χ4v) is 2.66. The van der Waals surface area contributed by atoms with E-state index < -0.39 is 5.91 Å². The van der Waals surface area contributed by atoms with E-state index in [9.17, 15) is 14.0 Å². The van der Waals surface area contributed by atoms with Crippen LogP contribution >= 0.6 is 0 Å². The van der Waals surface area contributed by atoms with Gasteiger partial charge in [-0.1, -0.05) is 24.3 Å². The molecule has 0 aliphatic carbocycles. The SMILES string of the molecule is Cc1ccc(C(=O)N(C)Cc2ccccc2F)cc1NC(=O)c1ccco1. The Morgan fingerprint density at radius 1 is 1.11 bits per heavy atom. The van der Waals surface area contributed by atoms with Gasteiger partial charge in [0.1, 0.15) is 5.82 Å². The summed E-state index contributed by atoms with van der Waals surface area (Å²) in [7, 11) is 1.61. The van der Waals surface area contributed by atoms with Crippen LogP contribution in [0.1, 0.15) is 32.0 Å². The number of furan rings is 1. The van der Waals surface area contributed by atoms with Gasteiger partial charge in [0, 0.05) is 30.4 Å².